The first-order valence-electron chi connectivity index (χ1n) is 7.97. The Labute approximate surface area is 154 Å². The molecule has 6 heteroatoms. The molecule has 3 aromatic rings. The van der Waals surface area contributed by atoms with E-state index in [-0.39, 0.29) is 17.2 Å². The van der Waals surface area contributed by atoms with Crippen molar-refractivity contribution in [1.29, 1.82) is 0 Å². The van der Waals surface area contributed by atoms with Crippen LogP contribution in [0.1, 0.15) is 21.5 Å². The molecule has 0 aromatic heterocycles. The van der Waals surface area contributed by atoms with Gasteiger partial charge in [-0.3, -0.25) is 9.98 Å². The topological polar surface area (TPSA) is 62.0 Å². The minimum atomic E-state index is -1.10. The highest BCUT2D eigenvalue weighted by molar-refractivity contribution is 5.91. The maximum atomic E-state index is 12.9. The van der Waals surface area contributed by atoms with E-state index in [0.29, 0.717) is 22.5 Å². The Kier molecular flexibility index (Phi) is 5.47. The number of rotatable bonds is 5. The summed E-state index contributed by atoms with van der Waals surface area (Å²) in [5.74, 6) is -1.80. The predicted octanol–water partition coefficient (Wildman–Crippen LogP) is 5.16. The average Bonchev–Trinajstić information content (AvgIpc) is 2.67. The van der Waals surface area contributed by atoms with Crippen LogP contribution in [0.4, 0.5) is 20.2 Å². The summed E-state index contributed by atoms with van der Waals surface area (Å²) >= 11 is 0. The molecule has 0 saturated carbocycles. The SMILES string of the molecule is O=C(O)c1cc(N=Cc2ccc(F)cc2)cc(N=Cc2ccc(F)cc2)c1. The van der Waals surface area contributed by atoms with Crippen LogP contribution in [0.3, 0.4) is 0 Å². The second kappa shape index (κ2) is 8.14. The maximum Gasteiger partial charge on any atom is 0.335 e. The quantitative estimate of drug-likeness (QED) is 0.635. The van der Waals surface area contributed by atoms with Gasteiger partial charge < -0.3 is 5.11 Å². The van der Waals surface area contributed by atoms with E-state index in [2.05, 4.69) is 9.98 Å². The fraction of sp³-hybridized carbons (Fsp3) is 0. The molecule has 3 rings (SSSR count). The molecule has 0 heterocycles. The number of carboxylic acid groups (broad SMARTS) is 1. The van der Waals surface area contributed by atoms with Crippen LogP contribution >= 0.6 is 0 Å². The van der Waals surface area contributed by atoms with Crippen LogP contribution < -0.4 is 0 Å². The van der Waals surface area contributed by atoms with Gasteiger partial charge >= 0.3 is 5.97 Å². The van der Waals surface area contributed by atoms with Crippen LogP contribution in [0.15, 0.2) is 76.7 Å². The highest BCUT2D eigenvalue weighted by Crippen LogP contribution is 2.24. The van der Waals surface area contributed by atoms with Crippen molar-refractivity contribution < 1.29 is 18.7 Å². The lowest BCUT2D eigenvalue weighted by Crippen LogP contribution is -1.95. The third-order valence-electron chi connectivity index (χ3n) is 3.61. The minimum absolute atomic E-state index is 0.0370. The number of nitrogens with zero attached hydrogens (tertiary/aromatic N) is 2. The van der Waals surface area contributed by atoms with Gasteiger partial charge in [0.25, 0.3) is 0 Å². The molecule has 0 aliphatic carbocycles. The Morgan fingerprint density at radius 1 is 0.741 bits per heavy atom. The third-order valence-corrected chi connectivity index (χ3v) is 3.61. The van der Waals surface area contributed by atoms with Crippen molar-refractivity contribution in [3.63, 3.8) is 0 Å². The second-order valence-electron chi connectivity index (χ2n) is 5.66. The molecule has 4 nitrogen and oxygen atoms in total. The van der Waals surface area contributed by atoms with E-state index < -0.39 is 5.97 Å². The van der Waals surface area contributed by atoms with Crippen molar-refractivity contribution in [3.8, 4) is 0 Å². The number of benzene rings is 3. The van der Waals surface area contributed by atoms with E-state index >= 15 is 0 Å². The Hall–Kier alpha value is -3.67. The molecule has 0 aliphatic rings. The monoisotopic (exact) mass is 364 g/mol. The number of hydrogen-bond donors (Lipinski definition) is 1. The molecule has 0 unspecified atom stereocenters. The lowest BCUT2D eigenvalue weighted by molar-refractivity contribution is 0.0697. The number of aromatic carboxylic acids is 1. The maximum absolute atomic E-state index is 12.9. The Morgan fingerprint density at radius 3 is 1.52 bits per heavy atom. The molecule has 134 valence electrons. The summed E-state index contributed by atoms with van der Waals surface area (Å²) in [6.45, 7) is 0. The zero-order valence-corrected chi connectivity index (χ0v) is 14.0. The highest BCUT2D eigenvalue weighted by atomic mass is 19.1. The van der Waals surface area contributed by atoms with Gasteiger partial charge in [-0.15, -0.1) is 0 Å². The van der Waals surface area contributed by atoms with E-state index in [1.807, 2.05) is 0 Å². The third kappa shape index (κ3) is 5.15. The smallest absolute Gasteiger partial charge is 0.335 e. The average molecular weight is 364 g/mol. The summed E-state index contributed by atoms with van der Waals surface area (Å²) in [6, 6.07) is 16.0. The van der Waals surface area contributed by atoms with Gasteiger partial charge in [0.05, 0.1) is 16.9 Å². The van der Waals surface area contributed by atoms with Crippen LogP contribution in [0.25, 0.3) is 0 Å². The summed E-state index contributed by atoms with van der Waals surface area (Å²) in [6.07, 6.45) is 3.02. The fourth-order valence-corrected chi connectivity index (χ4v) is 2.26. The summed E-state index contributed by atoms with van der Waals surface area (Å²) in [4.78, 5) is 19.8. The molecule has 0 radical (unpaired) electrons. The van der Waals surface area contributed by atoms with Crippen molar-refractivity contribution in [1.82, 2.24) is 0 Å². The minimum Gasteiger partial charge on any atom is -0.478 e. The zero-order chi connectivity index (χ0) is 19.2. The van der Waals surface area contributed by atoms with Gasteiger partial charge in [0.1, 0.15) is 11.6 Å². The molecule has 3 aromatic carbocycles. The highest BCUT2D eigenvalue weighted by Gasteiger charge is 2.06. The first-order valence-corrected chi connectivity index (χ1v) is 7.97. The van der Waals surface area contributed by atoms with Crippen LogP contribution in [0, 0.1) is 11.6 Å². The molecule has 27 heavy (non-hydrogen) atoms. The lowest BCUT2D eigenvalue weighted by Gasteiger charge is -2.01. The van der Waals surface area contributed by atoms with Gasteiger partial charge in [0.15, 0.2) is 0 Å². The number of halogens is 2. The molecule has 1 N–H and O–H groups in total. The van der Waals surface area contributed by atoms with Gasteiger partial charge in [-0.25, -0.2) is 13.6 Å². The molecule has 0 fully saturated rings. The molecule has 0 bridgehead atoms. The molecule has 0 spiro atoms. The molecule has 0 atom stereocenters. The van der Waals surface area contributed by atoms with E-state index in [0.717, 1.165) is 0 Å². The van der Waals surface area contributed by atoms with Crippen LogP contribution in [0.2, 0.25) is 0 Å². The van der Waals surface area contributed by atoms with Gasteiger partial charge in [0, 0.05) is 12.4 Å². The van der Waals surface area contributed by atoms with E-state index in [9.17, 15) is 18.7 Å². The normalized spacial score (nSPS) is 11.3. The molecular formula is C21H14F2N2O2. The number of carboxylic acids is 1. The van der Waals surface area contributed by atoms with Gasteiger partial charge in [-0.2, -0.15) is 0 Å². The number of carbonyl (C=O) groups is 1. The van der Waals surface area contributed by atoms with Crippen LogP contribution in [-0.4, -0.2) is 23.5 Å². The van der Waals surface area contributed by atoms with E-state index in [1.54, 1.807) is 30.3 Å². The van der Waals surface area contributed by atoms with Crippen molar-refractivity contribution in [2.75, 3.05) is 0 Å². The lowest BCUT2D eigenvalue weighted by atomic mass is 10.1. The van der Waals surface area contributed by atoms with Crippen molar-refractivity contribution in [2.24, 2.45) is 9.98 Å². The Balaban J connectivity index is 1.89. The van der Waals surface area contributed by atoms with Crippen molar-refractivity contribution in [3.05, 3.63) is 95.1 Å². The fourth-order valence-electron chi connectivity index (χ4n) is 2.26. The second-order valence-corrected chi connectivity index (χ2v) is 5.66. The predicted molar refractivity (Wildman–Crippen MR) is 101 cm³/mol. The molecule has 0 aliphatic heterocycles. The summed E-state index contributed by atoms with van der Waals surface area (Å²) in [7, 11) is 0. The number of aliphatic imine (C=N–C) groups is 2. The Morgan fingerprint density at radius 2 is 1.15 bits per heavy atom. The van der Waals surface area contributed by atoms with Crippen molar-refractivity contribution >= 4 is 29.8 Å². The van der Waals surface area contributed by atoms with Crippen LogP contribution in [0.5, 0.6) is 0 Å². The van der Waals surface area contributed by atoms with E-state index in [1.165, 1.54) is 48.8 Å². The summed E-state index contributed by atoms with van der Waals surface area (Å²) in [5, 5.41) is 9.28. The van der Waals surface area contributed by atoms with Gasteiger partial charge in [0.2, 0.25) is 0 Å². The largest absolute Gasteiger partial charge is 0.478 e. The van der Waals surface area contributed by atoms with Crippen molar-refractivity contribution in [2.45, 2.75) is 0 Å². The molecule has 0 saturated heterocycles. The summed E-state index contributed by atoms with van der Waals surface area (Å²) in [5.41, 5.74) is 2.17. The van der Waals surface area contributed by atoms with E-state index in [4.69, 9.17) is 0 Å². The van der Waals surface area contributed by atoms with Gasteiger partial charge in [-0.05, 0) is 53.6 Å². The molecular weight excluding hydrogens is 350 g/mol. The standard InChI is InChI=1S/C21H14F2N2O2/c22-17-5-1-14(2-6-17)12-24-19-9-16(21(26)27)10-20(11-19)25-13-15-3-7-18(23)8-4-15/h1-13H,(H,26,27). The summed E-state index contributed by atoms with van der Waals surface area (Å²) < 4.78 is 25.9. The Bertz CT molecular complexity index is 938. The number of hydrogen-bond acceptors (Lipinski definition) is 3. The zero-order valence-electron chi connectivity index (χ0n) is 14.0. The molecule has 0 amide bonds. The first-order chi connectivity index (χ1) is 13.0. The first kappa shape index (κ1) is 18.1. The van der Waals surface area contributed by atoms with Crippen LogP contribution in [-0.2, 0) is 0 Å². The van der Waals surface area contributed by atoms with Gasteiger partial charge in [-0.1, -0.05) is 24.3 Å².